The lowest BCUT2D eigenvalue weighted by molar-refractivity contribution is 0.0523. The second-order valence-electron chi connectivity index (χ2n) is 6.91. The van der Waals surface area contributed by atoms with Crippen LogP contribution in [0.2, 0.25) is 0 Å². The van der Waals surface area contributed by atoms with Crippen LogP contribution in [0, 0.1) is 0 Å². The van der Waals surface area contributed by atoms with Gasteiger partial charge in [0.25, 0.3) is 5.91 Å². The van der Waals surface area contributed by atoms with Crippen LogP contribution >= 0.6 is 0 Å². The Morgan fingerprint density at radius 1 is 1.04 bits per heavy atom. The zero-order valence-corrected chi connectivity index (χ0v) is 16.0. The number of carbonyl (C=O) groups is 2. The Morgan fingerprint density at radius 2 is 1.74 bits per heavy atom. The van der Waals surface area contributed by atoms with E-state index in [0.29, 0.717) is 24.5 Å². The summed E-state index contributed by atoms with van der Waals surface area (Å²) in [5.41, 5.74) is 1.65. The molecule has 0 atom stereocenters. The van der Waals surface area contributed by atoms with Gasteiger partial charge < -0.3 is 20.1 Å². The summed E-state index contributed by atoms with van der Waals surface area (Å²) in [7, 11) is 1.54. The Hall–Kier alpha value is -3.09. The number of nitrogens with one attached hydrogen (secondary N) is 2. The van der Waals surface area contributed by atoms with Crippen LogP contribution in [0.1, 0.15) is 42.3 Å². The third-order valence-corrected chi connectivity index (χ3v) is 3.53. The molecule has 0 aliphatic carbocycles. The van der Waals surface area contributed by atoms with E-state index in [0.717, 1.165) is 11.1 Å². The van der Waals surface area contributed by atoms with Gasteiger partial charge >= 0.3 is 6.09 Å². The van der Waals surface area contributed by atoms with Crippen molar-refractivity contribution < 1.29 is 19.1 Å². The third kappa shape index (κ3) is 6.62. The van der Waals surface area contributed by atoms with E-state index in [4.69, 9.17) is 9.47 Å². The van der Waals surface area contributed by atoms with Crippen molar-refractivity contribution in [3.8, 4) is 5.88 Å². The first kappa shape index (κ1) is 20.2. The van der Waals surface area contributed by atoms with Crippen molar-refractivity contribution in [1.82, 2.24) is 15.6 Å². The molecule has 144 valence electrons. The highest BCUT2D eigenvalue weighted by atomic mass is 16.6. The number of hydrogen-bond donors (Lipinski definition) is 2. The van der Waals surface area contributed by atoms with Crippen LogP contribution < -0.4 is 15.4 Å². The van der Waals surface area contributed by atoms with Crippen LogP contribution in [0.15, 0.2) is 42.6 Å². The minimum atomic E-state index is -0.539. The normalized spacial score (nSPS) is 10.8. The van der Waals surface area contributed by atoms with Gasteiger partial charge in [-0.3, -0.25) is 4.79 Å². The van der Waals surface area contributed by atoms with Gasteiger partial charge in [0.1, 0.15) is 5.60 Å². The summed E-state index contributed by atoms with van der Waals surface area (Å²) in [6.45, 7) is 6.06. The van der Waals surface area contributed by atoms with Crippen molar-refractivity contribution >= 4 is 12.0 Å². The molecule has 27 heavy (non-hydrogen) atoms. The number of alkyl carbamates (subject to hydrolysis) is 1. The molecule has 0 spiro atoms. The summed E-state index contributed by atoms with van der Waals surface area (Å²) < 4.78 is 10.4. The number of hydrogen-bond acceptors (Lipinski definition) is 5. The van der Waals surface area contributed by atoms with Crippen LogP contribution in [-0.4, -0.2) is 29.7 Å². The van der Waals surface area contributed by atoms with Gasteiger partial charge in [-0.05, 0) is 44.5 Å². The first-order valence-corrected chi connectivity index (χ1v) is 8.60. The molecule has 2 N–H and O–H groups in total. The predicted molar refractivity (Wildman–Crippen MR) is 101 cm³/mol. The second kappa shape index (κ2) is 9.02. The van der Waals surface area contributed by atoms with E-state index in [1.54, 1.807) is 57.3 Å². The molecule has 7 heteroatoms. The zero-order valence-electron chi connectivity index (χ0n) is 16.0. The lowest BCUT2D eigenvalue weighted by Crippen LogP contribution is -2.32. The smallest absolute Gasteiger partial charge is 0.407 e. The van der Waals surface area contributed by atoms with Crippen LogP contribution in [0.5, 0.6) is 5.88 Å². The van der Waals surface area contributed by atoms with Gasteiger partial charge in [-0.2, -0.15) is 0 Å². The molecule has 2 amide bonds. The average Bonchev–Trinajstić information content (AvgIpc) is 2.63. The molecule has 0 radical (unpaired) electrons. The number of pyridine rings is 1. The van der Waals surface area contributed by atoms with E-state index in [9.17, 15) is 9.59 Å². The standard InChI is InChI=1S/C20H25N3O4/c1-20(2,3)27-19(25)23-12-14-7-9-15(10-8-14)17(24)22-13-16-6-5-11-21-18(16)26-4/h5-11H,12-13H2,1-4H3,(H,22,24)(H,23,25). The summed E-state index contributed by atoms with van der Waals surface area (Å²) >= 11 is 0. The maximum absolute atomic E-state index is 12.3. The summed E-state index contributed by atoms with van der Waals surface area (Å²) in [5, 5.41) is 5.52. The molecule has 0 bridgehead atoms. The molecule has 1 aromatic heterocycles. The van der Waals surface area contributed by atoms with E-state index < -0.39 is 11.7 Å². The summed E-state index contributed by atoms with van der Waals surface area (Å²) in [5.74, 6) is 0.286. The number of benzene rings is 1. The van der Waals surface area contributed by atoms with Gasteiger partial charge in [-0.25, -0.2) is 9.78 Å². The molecule has 7 nitrogen and oxygen atoms in total. The van der Waals surface area contributed by atoms with E-state index >= 15 is 0 Å². The van der Waals surface area contributed by atoms with E-state index in [2.05, 4.69) is 15.6 Å². The Labute approximate surface area is 159 Å². The van der Waals surface area contributed by atoms with E-state index in [-0.39, 0.29) is 5.91 Å². The quantitative estimate of drug-likeness (QED) is 0.815. The fourth-order valence-corrected chi connectivity index (χ4v) is 2.28. The predicted octanol–water partition coefficient (Wildman–Crippen LogP) is 3.04. The molecule has 0 unspecified atom stereocenters. The highest BCUT2D eigenvalue weighted by molar-refractivity contribution is 5.94. The van der Waals surface area contributed by atoms with Gasteiger partial charge in [0.2, 0.25) is 5.88 Å². The van der Waals surface area contributed by atoms with Crippen molar-refractivity contribution in [2.75, 3.05) is 7.11 Å². The molecule has 0 aliphatic heterocycles. The maximum atomic E-state index is 12.3. The minimum Gasteiger partial charge on any atom is -0.481 e. The van der Waals surface area contributed by atoms with E-state index in [1.165, 1.54) is 7.11 Å². The number of amides is 2. The number of rotatable bonds is 6. The fraction of sp³-hybridized carbons (Fsp3) is 0.350. The van der Waals surface area contributed by atoms with Crippen LogP contribution in [0.3, 0.4) is 0 Å². The molecule has 0 fully saturated rings. The first-order valence-electron chi connectivity index (χ1n) is 8.60. The molecule has 0 saturated carbocycles. The summed E-state index contributed by atoms with van der Waals surface area (Å²) in [4.78, 5) is 28.1. The fourth-order valence-electron chi connectivity index (χ4n) is 2.28. The van der Waals surface area contributed by atoms with Gasteiger partial charge in [-0.15, -0.1) is 0 Å². The van der Waals surface area contributed by atoms with Gasteiger partial charge in [0.05, 0.1) is 7.11 Å². The maximum Gasteiger partial charge on any atom is 0.407 e. The number of methoxy groups -OCH3 is 1. The number of nitrogens with zero attached hydrogens (tertiary/aromatic N) is 1. The Balaban J connectivity index is 1.87. The van der Waals surface area contributed by atoms with Gasteiger partial charge in [-0.1, -0.05) is 18.2 Å². The second-order valence-corrected chi connectivity index (χ2v) is 6.91. The lowest BCUT2D eigenvalue weighted by Gasteiger charge is -2.19. The molecule has 2 aromatic rings. The lowest BCUT2D eigenvalue weighted by atomic mass is 10.1. The summed E-state index contributed by atoms with van der Waals surface area (Å²) in [6.07, 6.45) is 1.16. The van der Waals surface area contributed by atoms with Crippen molar-refractivity contribution in [3.63, 3.8) is 0 Å². The number of carbonyl (C=O) groups excluding carboxylic acids is 2. The monoisotopic (exact) mass is 371 g/mol. The molecular weight excluding hydrogens is 346 g/mol. The first-order chi connectivity index (χ1) is 12.8. The molecule has 2 rings (SSSR count). The SMILES string of the molecule is COc1ncccc1CNC(=O)c1ccc(CNC(=O)OC(C)(C)C)cc1. The third-order valence-electron chi connectivity index (χ3n) is 3.53. The molecule has 0 saturated heterocycles. The van der Waals surface area contributed by atoms with Crippen molar-refractivity contribution in [2.24, 2.45) is 0 Å². The Morgan fingerprint density at radius 3 is 2.37 bits per heavy atom. The van der Waals surface area contributed by atoms with Crippen LogP contribution in [-0.2, 0) is 17.8 Å². The van der Waals surface area contributed by atoms with Gasteiger partial charge in [0, 0.05) is 30.4 Å². The average molecular weight is 371 g/mol. The van der Waals surface area contributed by atoms with Crippen molar-refractivity contribution in [2.45, 2.75) is 39.5 Å². The van der Waals surface area contributed by atoms with Crippen LogP contribution in [0.25, 0.3) is 0 Å². The summed E-state index contributed by atoms with van der Waals surface area (Å²) in [6, 6.07) is 10.6. The highest BCUT2D eigenvalue weighted by Crippen LogP contribution is 2.13. The molecule has 1 aromatic carbocycles. The van der Waals surface area contributed by atoms with Crippen molar-refractivity contribution in [3.05, 3.63) is 59.3 Å². The van der Waals surface area contributed by atoms with Crippen molar-refractivity contribution in [1.29, 1.82) is 0 Å². The largest absolute Gasteiger partial charge is 0.481 e. The molecule has 1 heterocycles. The topological polar surface area (TPSA) is 89.5 Å². The van der Waals surface area contributed by atoms with Crippen LogP contribution in [0.4, 0.5) is 4.79 Å². The number of ether oxygens (including phenoxy) is 2. The minimum absolute atomic E-state index is 0.201. The van der Waals surface area contributed by atoms with Gasteiger partial charge in [0.15, 0.2) is 0 Å². The zero-order chi connectivity index (χ0) is 19.9. The molecular formula is C20H25N3O4. The Kier molecular flexibility index (Phi) is 6.76. The molecule has 0 aliphatic rings. The van der Waals surface area contributed by atoms with E-state index in [1.807, 2.05) is 6.07 Å². The Bertz CT molecular complexity index is 783. The highest BCUT2D eigenvalue weighted by Gasteiger charge is 2.15. The number of aromatic nitrogens is 1.